The van der Waals surface area contributed by atoms with E-state index in [1.54, 1.807) is 0 Å². The van der Waals surface area contributed by atoms with E-state index in [1.165, 1.54) is 40.9 Å². The van der Waals surface area contributed by atoms with E-state index in [1.807, 2.05) is 0 Å². The first kappa shape index (κ1) is 22.0. The summed E-state index contributed by atoms with van der Waals surface area (Å²) < 4.78 is 86.6. The van der Waals surface area contributed by atoms with Gasteiger partial charge in [0.1, 0.15) is 6.33 Å². The molecule has 0 spiro atoms. The molecule has 4 aromatic rings. The van der Waals surface area contributed by atoms with Gasteiger partial charge in [-0.25, -0.2) is 14.8 Å². The van der Waals surface area contributed by atoms with Crippen LogP contribution >= 0.6 is 0 Å². The Labute approximate surface area is 180 Å². The Morgan fingerprint density at radius 1 is 0.939 bits per heavy atom. The number of rotatable bonds is 4. The van der Waals surface area contributed by atoms with Gasteiger partial charge >= 0.3 is 18.3 Å². The van der Waals surface area contributed by atoms with Crippen LogP contribution in [0.5, 0.6) is 17.5 Å². The number of fused-ring (bicyclic) bond motifs is 1. The molecule has 3 aromatic heterocycles. The molecule has 0 amide bonds. The molecule has 33 heavy (non-hydrogen) atoms. The van der Waals surface area contributed by atoms with Crippen LogP contribution in [0.1, 0.15) is 5.56 Å². The summed E-state index contributed by atoms with van der Waals surface area (Å²) in [6, 6.07) is 8.60. The van der Waals surface area contributed by atoms with Crippen LogP contribution in [0.4, 0.5) is 26.3 Å². The molecule has 0 fully saturated rings. The minimum Gasteiger partial charge on any atom is -0.435 e. The van der Waals surface area contributed by atoms with Crippen LogP contribution in [0.25, 0.3) is 16.9 Å². The number of hydrogen-bond acceptors (Lipinski definition) is 6. The number of imidazole rings is 1. The fourth-order valence-electron chi connectivity index (χ4n) is 2.74. The number of esters is 1. The Hall–Kier alpha value is -4.16. The highest BCUT2D eigenvalue weighted by atomic mass is 19.4. The zero-order chi connectivity index (χ0) is 23.8. The molecule has 0 radical (unpaired) electrons. The quantitative estimate of drug-likeness (QED) is 0.308. The van der Waals surface area contributed by atoms with Crippen molar-refractivity contribution in [3.63, 3.8) is 0 Å². The minimum absolute atomic E-state index is 0.00941. The van der Waals surface area contributed by atoms with Crippen LogP contribution in [0.2, 0.25) is 0 Å². The molecular weight excluding hydrogens is 458 g/mol. The molecular formula is C20H10F6N4O3. The second-order valence-electron chi connectivity index (χ2n) is 6.49. The van der Waals surface area contributed by atoms with Crippen molar-refractivity contribution in [1.82, 2.24) is 19.4 Å². The highest BCUT2D eigenvalue weighted by Crippen LogP contribution is 2.32. The van der Waals surface area contributed by atoms with Crippen molar-refractivity contribution in [1.29, 1.82) is 0 Å². The van der Waals surface area contributed by atoms with Crippen molar-refractivity contribution >= 4 is 11.6 Å². The molecule has 0 saturated carbocycles. The van der Waals surface area contributed by atoms with E-state index in [0.717, 1.165) is 24.7 Å². The number of hydrogen-bond donors (Lipinski definition) is 0. The fraction of sp³-hybridized carbons (Fsp3) is 0.100. The van der Waals surface area contributed by atoms with Crippen molar-refractivity contribution < 1.29 is 40.6 Å². The number of carbonyl (C=O) groups is 1. The summed E-state index contributed by atoms with van der Waals surface area (Å²) in [7, 11) is 0. The van der Waals surface area contributed by atoms with Crippen LogP contribution in [-0.4, -0.2) is 31.5 Å². The van der Waals surface area contributed by atoms with Gasteiger partial charge in [0, 0.05) is 17.8 Å². The van der Waals surface area contributed by atoms with Crippen molar-refractivity contribution in [2.24, 2.45) is 0 Å². The van der Waals surface area contributed by atoms with E-state index in [2.05, 4.69) is 19.7 Å². The van der Waals surface area contributed by atoms with Crippen molar-refractivity contribution in [2.45, 2.75) is 12.4 Å². The first-order valence-corrected chi connectivity index (χ1v) is 8.95. The van der Waals surface area contributed by atoms with Gasteiger partial charge in [-0.3, -0.25) is 4.40 Å². The largest absolute Gasteiger partial charge is 0.491 e. The third kappa shape index (κ3) is 4.86. The minimum atomic E-state index is -5.19. The molecule has 1 aromatic carbocycles. The van der Waals surface area contributed by atoms with Crippen LogP contribution in [-0.2, 0) is 11.0 Å². The Balaban J connectivity index is 1.59. The number of ether oxygens (including phenoxy) is 2. The van der Waals surface area contributed by atoms with Gasteiger partial charge in [0.25, 0.3) is 0 Å². The number of alkyl halides is 6. The summed E-state index contributed by atoms with van der Waals surface area (Å²) in [5.74, 6) is -2.97. The number of aromatic nitrogens is 4. The fourth-order valence-corrected chi connectivity index (χ4v) is 2.74. The lowest BCUT2D eigenvalue weighted by molar-refractivity contribution is -0.189. The smallest absolute Gasteiger partial charge is 0.435 e. The number of carbonyl (C=O) groups excluding carboxylic acids is 1. The summed E-state index contributed by atoms with van der Waals surface area (Å²) in [6.07, 6.45) is -6.04. The van der Waals surface area contributed by atoms with E-state index in [-0.39, 0.29) is 23.0 Å². The Morgan fingerprint density at radius 2 is 1.67 bits per heavy atom. The number of nitrogens with zero attached hydrogens (tertiary/aromatic N) is 4. The van der Waals surface area contributed by atoms with E-state index in [4.69, 9.17) is 4.74 Å². The summed E-state index contributed by atoms with van der Waals surface area (Å²) in [5, 5.41) is 0. The third-order valence-corrected chi connectivity index (χ3v) is 4.22. The Bertz CT molecular complexity index is 1320. The molecule has 0 aliphatic heterocycles. The van der Waals surface area contributed by atoms with Gasteiger partial charge in [-0.1, -0.05) is 12.1 Å². The normalized spacial score (nSPS) is 12.1. The molecule has 3 heterocycles. The predicted octanol–water partition coefficient (Wildman–Crippen LogP) is 5.07. The van der Waals surface area contributed by atoms with Crippen LogP contribution in [0.3, 0.4) is 0 Å². The van der Waals surface area contributed by atoms with E-state index in [0.29, 0.717) is 5.56 Å². The molecule has 0 aliphatic rings. The molecule has 7 nitrogen and oxygen atoms in total. The predicted molar refractivity (Wildman–Crippen MR) is 99.4 cm³/mol. The molecule has 0 bridgehead atoms. The van der Waals surface area contributed by atoms with Gasteiger partial charge in [-0.15, -0.1) is 0 Å². The van der Waals surface area contributed by atoms with Crippen LogP contribution in [0.15, 0.2) is 61.2 Å². The summed E-state index contributed by atoms with van der Waals surface area (Å²) in [4.78, 5) is 22.8. The maximum atomic E-state index is 12.7. The lowest BCUT2D eigenvalue weighted by Crippen LogP contribution is -2.28. The highest BCUT2D eigenvalue weighted by Gasteiger charge is 2.41. The van der Waals surface area contributed by atoms with Gasteiger partial charge in [0.2, 0.25) is 11.8 Å². The number of pyridine rings is 1. The monoisotopic (exact) mass is 468 g/mol. The Kier molecular flexibility index (Phi) is 5.39. The van der Waals surface area contributed by atoms with Gasteiger partial charge in [0.15, 0.2) is 11.4 Å². The second-order valence-corrected chi connectivity index (χ2v) is 6.49. The molecule has 4 rings (SSSR count). The molecule has 13 heteroatoms. The maximum Gasteiger partial charge on any atom is 0.491 e. The van der Waals surface area contributed by atoms with E-state index >= 15 is 0 Å². The van der Waals surface area contributed by atoms with Crippen molar-refractivity contribution in [3.8, 4) is 28.8 Å². The summed E-state index contributed by atoms with van der Waals surface area (Å²) >= 11 is 0. The van der Waals surface area contributed by atoms with Crippen LogP contribution < -0.4 is 9.47 Å². The lowest BCUT2D eigenvalue weighted by atomic mass is 10.1. The van der Waals surface area contributed by atoms with E-state index < -0.39 is 29.8 Å². The third-order valence-electron chi connectivity index (χ3n) is 4.22. The van der Waals surface area contributed by atoms with Gasteiger partial charge in [0.05, 0.1) is 17.5 Å². The molecule has 0 aliphatic carbocycles. The van der Waals surface area contributed by atoms with Crippen molar-refractivity contribution in [3.05, 3.63) is 66.7 Å². The highest BCUT2D eigenvalue weighted by molar-refractivity contribution is 5.78. The van der Waals surface area contributed by atoms with E-state index in [9.17, 15) is 31.1 Å². The standard InChI is InChI=1S/C20H10F6N4O3/c21-19(22,23)12-5-3-11(4-6-12)13-8-15(28-10-27-13)32-14-2-1-7-30-9-16(29-17(14)30)33-18(31)20(24,25)26/h1-10H. The SMILES string of the molecule is O=C(Oc1cn2cccc(Oc3cc(-c4ccc(C(F)(F)F)cc4)ncn3)c2n1)C(F)(F)F. The average Bonchev–Trinajstić information content (AvgIpc) is 3.16. The maximum absolute atomic E-state index is 12.7. The second kappa shape index (κ2) is 8.07. The number of halogens is 6. The molecule has 0 saturated heterocycles. The summed E-state index contributed by atoms with van der Waals surface area (Å²) in [6.45, 7) is 0. The summed E-state index contributed by atoms with van der Waals surface area (Å²) in [5.41, 5.74) is -0.151. The van der Waals surface area contributed by atoms with Crippen molar-refractivity contribution in [2.75, 3.05) is 0 Å². The first-order chi connectivity index (χ1) is 15.5. The number of benzene rings is 1. The zero-order valence-electron chi connectivity index (χ0n) is 16.1. The average molecular weight is 468 g/mol. The van der Waals surface area contributed by atoms with Gasteiger partial charge in [-0.2, -0.15) is 31.3 Å². The zero-order valence-corrected chi connectivity index (χ0v) is 16.1. The Morgan fingerprint density at radius 3 is 2.33 bits per heavy atom. The molecule has 170 valence electrons. The van der Waals surface area contributed by atoms with Gasteiger partial charge < -0.3 is 9.47 Å². The molecule has 0 atom stereocenters. The first-order valence-electron chi connectivity index (χ1n) is 8.95. The lowest BCUT2D eigenvalue weighted by Gasteiger charge is -2.09. The molecule has 0 unspecified atom stereocenters. The van der Waals surface area contributed by atoms with Crippen LogP contribution in [0, 0.1) is 0 Å². The topological polar surface area (TPSA) is 78.6 Å². The molecule has 0 N–H and O–H groups in total. The van der Waals surface area contributed by atoms with Gasteiger partial charge in [-0.05, 0) is 24.3 Å².